The van der Waals surface area contributed by atoms with Crippen LogP contribution in [0.4, 0.5) is 16.0 Å². The van der Waals surface area contributed by atoms with Gasteiger partial charge in [-0.25, -0.2) is 19.0 Å². The van der Waals surface area contributed by atoms with Gasteiger partial charge in [-0.3, -0.25) is 9.59 Å². The Kier molecular flexibility index (Phi) is 5.78. The van der Waals surface area contributed by atoms with Crippen molar-refractivity contribution in [2.45, 2.75) is 25.8 Å². The molecule has 9 heteroatoms. The average Bonchev–Trinajstić information content (AvgIpc) is 2.76. The lowest BCUT2D eigenvalue weighted by molar-refractivity contribution is 0.101. The second kappa shape index (κ2) is 8.81. The number of nitrogens with zero attached hydrogens (tertiary/aromatic N) is 5. The molecule has 2 aromatic heterocycles. The summed E-state index contributed by atoms with van der Waals surface area (Å²) in [5.74, 6) is 0.235. The Morgan fingerprint density at radius 1 is 1.07 bits per heavy atom. The zero-order valence-electron chi connectivity index (χ0n) is 16.3. The molecule has 0 bridgehead atoms. The Bertz CT molecular complexity index is 1110. The van der Waals surface area contributed by atoms with E-state index in [1.165, 1.54) is 37.0 Å². The predicted molar refractivity (Wildman–Crippen MR) is 110 cm³/mol. The fourth-order valence-corrected chi connectivity index (χ4v) is 3.38. The summed E-state index contributed by atoms with van der Waals surface area (Å²) in [5, 5.41) is 6.82. The van der Waals surface area contributed by atoms with Crippen molar-refractivity contribution in [1.29, 1.82) is 0 Å². The minimum absolute atomic E-state index is 0.0594. The van der Waals surface area contributed by atoms with Crippen LogP contribution in [0.3, 0.4) is 0 Å². The first-order valence-corrected chi connectivity index (χ1v) is 9.79. The molecule has 1 amide bonds. The Morgan fingerprint density at radius 3 is 2.70 bits per heavy atom. The Hall–Kier alpha value is -3.62. The van der Waals surface area contributed by atoms with E-state index in [1.807, 2.05) is 0 Å². The number of halogens is 1. The van der Waals surface area contributed by atoms with Crippen LogP contribution in [0.15, 0.2) is 53.6 Å². The van der Waals surface area contributed by atoms with E-state index in [4.69, 9.17) is 0 Å². The first-order valence-electron chi connectivity index (χ1n) is 9.79. The number of hydrogen-bond donors (Lipinski definition) is 1. The molecule has 1 saturated heterocycles. The van der Waals surface area contributed by atoms with Crippen molar-refractivity contribution in [3.63, 3.8) is 0 Å². The van der Waals surface area contributed by atoms with Crippen LogP contribution < -0.4 is 15.8 Å². The van der Waals surface area contributed by atoms with Gasteiger partial charge in [-0.2, -0.15) is 5.10 Å². The lowest BCUT2D eigenvalue weighted by Gasteiger charge is -2.27. The molecule has 4 rings (SSSR count). The number of nitrogens with one attached hydrogen (secondary N) is 1. The molecular weight excluding hydrogens is 387 g/mol. The van der Waals surface area contributed by atoms with E-state index in [-0.39, 0.29) is 17.8 Å². The third-order valence-electron chi connectivity index (χ3n) is 4.89. The summed E-state index contributed by atoms with van der Waals surface area (Å²) in [5.41, 5.74) is 0.249. The minimum Gasteiger partial charge on any atom is -0.356 e. The Labute approximate surface area is 172 Å². The fourth-order valence-electron chi connectivity index (χ4n) is 3.38. The molecule has 0 aliphatic carbocycles. The van der Waals surface area contributed by atoms with Crippen molar-refractivity contribution in [2.75, 3.05) is 23.3 Å². The number of carbonyl (C=O) groups is 1. The number of carbonyl (C=O) groups excluding carboxylic acids is 1. The van der Waals surface area contributed by atoms with Gasteiger partial charge in [-0.15, -0.1) is 0 Å². The Balaban J connectivity index is 1.50. The van der Waals surface area contributed by atoms with E-state index < -0.39 is 11.7 Å². The van der Waals surface area contributed by atoms with Crippen LogP contribution in [-0.2, 0) is 6.54 Å². The summed E-state index contributed by atoms with van der Waals surface area (Å²) in [6.07, 6.45) is 4.85. The Morgan fingerprint density at radius 2 is 1.90 bits per heavy atom. The summed E-state index contributed by atoms with van der Waals surface area (Å²) in [6.45, 7) is 1.92. The lowest BCUT2D eigenvalue weighted by atomic mass is 10.1. The van der Waals surface area contributed by atoms with Gasteiger partial charge in [0.25, 0.3) is 11.5 Å². The maximum atomic E-state index is 13.4. The predicted octanol–water partition coefficient (Wildman–Crippen LogP) is 2.46. The van der Waals surface area contributed by atoms with Gasteiger partial charge in [-0.05, 0) is 43.0 Å². The molecule has 1 N–H and O–H groups in total. The molecule has 1 fully saturated rings. The standard InChI is InChI=1S/C21H21FN6O2/c22-16-6-4-5-15(11-16)13-28-20(29)8-7-17(26-28)21(30)25-18-12-19(24-14-23-18)27-9-2-1-3-10-27/h4-8,11-12,14H,1-3,9-10,13H2,(H,23,24,25,30). The van der Waals surface area contributed by atoms with E-state index in [2.05, 4.69) is 25.3 Å². The maximum Gasteiger partial charge on any atom is 0.277 e. The smallest absolute Gasteiger partial charge is 0.277 e. The van der Waals surface area contributed by atoms with Gasteiger partial charge in [0.15, 0.2) is 0 Å². The van der Waals surface area contributed by atoms with Gasteiger partial charge in [0.1, 0.15) is 29.5 Å². The van der Waals surface area contributed by atoms with E-state index in [1.54, 1.807) is 18.2 Å². The van der Waals surface area contributed by atoms with Gasteiger partial charge in [0.05, 0.1) is 6.54 Å². The van der Waals surface area contributed by atoms with Crippen LogP contribution in [0, 0.1) is 5.82 Å². The number of hydrogen-bond acceptors (Lipinski definition) is 6. The van der Waals surface area contributed by atoms with Gasteiger partial charge in [-0.1, -0.05) is 12.1 Å². The fraction of sp³-hybridized carbons (Fsp3) is 0.286. The molecule has 0 radical (unpaired) electrons. The zero-order chi connectivity index (χ0) is 20.9. The van der Waals surface area contributed by atoms with Crippen LogP contribution in [0.2, 0.25) is 0 Å². The highest BCUT2D eigenvalue weighted by molar-refractivity contribution is 6.02. The lowest BCUT2D eigenvalue weighted by Crippen LogP contribution is -2.30. The number of amides is 1. The highest BCUT2D eigenvalue weighted by Gasteiger charge is 2.15. The second-order valence-electron chi connectivity index (χ2n) is 7.11. The normalized spacial score (nSPS) is 13.8. The van der Waals surface area contributed by atoms with Crippen molar-refractivity contribution in [3.05, 3.63) is 76.2 Å². The molecule has 0 atom stereocenters. The largest absolute Gasteiger partial charge is 0.356 e. The van der Waals surface area contributed by atoms with E-state index in [0.29, 0.717) is 11.4 Å². The number of benzene rings is 1. The zero-order valence-corrected chi connectivity index (χ0v) is 16.3. The molecule has 1 aromatic carbocycles. The van der Waals surface area contributed by atoms with Crippen molar-refractivity contribution >= 4 is 17.5 Å². The number of anilines is 2. The molecule has 1 aliphatic heterocycles. The molecular formula is C21H21FN6O2. The molecule has 154 valence electrons. The number of aromatic nitrogens is 4. The molecule has 8 nitrogen and oxygen atoms in total. The number of rotatable bonds is 5. The highest BCUT2D eigenvalue weighted by Crippen LogP contribution is 2.19. The maximum absolute atomic E-state index is 13.4. The molecule has 30 heavy (non-hydrogen) atoms. The van der Waals surface area contributed by atoms with Gasteiger partial charge >= 0.3 is 0 Å². The van der Waals surface area contributed by atoms with Crippen LogP contribution in [0.5, 0.6) is 0 Å². The summed E-state index contributed by atoms with van der Waals surface area (Å²) < 4.78 is 14.5. The number of piperidine rings is 1. The molecule has 1 aliphatic rings. The van der Waals surface area contributed by atoms with Gasteiger partial charge in [0, 0.05) is 25.2 Å². The summed E-state index contributed by atoms with van der Waals surface area (Å²) in [4.78, 5) is 35.3. The molecule has 0 saturated carbocycles. The minimum atomic E-state index is -0.494. The van der Waals surface area contributed by atoms with Gasteiger partial charge in [0.2, 0.25) is 0 Å². The van der Waals surface area contributed by atoms with E-state index in [0.717, 1.165) is 36.4 Å². The van der Waals surface area contributed by atoms with Crippen LogP contribution >= 0.6 is 0 Å². The quantitative estimate of drug-likeness (QED) is 0.697. The van der Waals surface area contributed by atoms with Crippen molar-refractivity contribution < 1.29 is 9.18 Å². The first kappa shape index (κ1) is 19.7. The SMILES string of the molecule is O=C(Nc1cc(N2CCCCC2)ncn1)c1ccc(=O)n(Cc2cccc(F)c2)n1. The topological polar surface area (TPSA) is 93.0 Å². The summed E-state index contributed by atoms with van der Waals surface area (Å²) in [6, 6.07) is 10.2. The van der Waals surface area contributed by atoms with Crippen molar-refractivity contribution in [3.8, 4) is 0 Å². The molecule has 3 aromatic rings. The van der Waals surface area contributed by atoms with Crippen LogP contribution in [-0.4, -0.2) is 38.7 Å². The van der Waals surface area contributed by atoms with Crippen molar-refractivity contribution in [2.24, 2.45) is 0 Å². The van der Waals surface area contributed by atoms with Crippen molar-refractivity contribution in [1.82, 2.24) is 19.7 Å². The summed E-state index contributed by atoms with van der Waals surface area (Å²) in [7, 11) is 0. The highest BCUT2D eigenvalue weighted by atomic mass is 19.1. The first-order chi connectivity index (χ1) is 14.6. The summed E-state index contributed by atoms with van der Waals surface area (Å²) >= 11 is 0. The average molecular weight is 408 g/mol. The van der Waals surface area contributed by atoms with Gasteiger partial charge < -0.3 is 10.2 Å². The third-order valence-corrected chi connectivity index (χ3v) is 4.89. The molecule has 3 heterocycles. The molecule has 0 unspecified atom stereocenters. The van der Waals surface area contributed by atoms with Crippen LogP contribution in [0.25, 0.3) is 0 Å². The van der Waals surface area contributed by atoms with Crippen LogP contribution in [0.1, 0.15) is 35.3 Å². The second-order valence-corrected chi connectivity index (χ2v) is 7.11. The monoisotopic (exact) mass is 408 g/mol. The van der Waals surface area contributed by atoms with E-state index in [9.17, 15) is 14.0 Å². The third kappa shape index (κ3) is 4.68. The van der Waals surface area contributed by atoms with E-state index >= 15 is 0 Å². The molecule has 0 spiro atoms.